The third kappa shape index (κ3) is 2.32. The molecule has 0 aromatic carbocycles. The van der Waals surface area contributed by atoms with Gasteiger partial charge in [0.1, 0.15) is 27.1 Å². The van der Waals surface area contributed by atoms with E-state index >= 15 is 0 Å². The highest BCUT2D eigenvalue weighted by Crippen LogP contribution is 2.13. The predicted octanol–water partition coefficient (Wildman–Crippen LogP) is 1.03. The van der Waals surface area contributed by atoms with Crippen LogP contribution in [0.4, 0.5) is 5.82 Å². The number of aromatic nitrogens is 4. The van der Waals surface area contributed by atoms with Crippen LogP contribution in [0.15, 0.2) is 0 Å². The van der Waals surface area contributed by atoms with Crippen molar-refractivity contribution in [1.29, 1.82) is 0 Å². The Morgan fingerprint density at radius 2 is 1.50 bits per heavy atom. The Balaban J connectivity index is 2.67. The first-order valence-corrected chi connectivity index (χ1v) is 13.1. The van der Waals surface area contributed by atoms with E-state index in [1.54, 1.807) is 0 Å². The summed E-state index contributed by atoms with van der Waals surface area (Å²) in [6.45, 7) is 13.4. The Labute approximate surface area is 109 Å². The number of hydrogen-bond acceptors (Lipinski definition) is 4. The van der Waals surface area contributed by atoms with E-state index in [9.17, 15) is 0 Å². The van der Waals surface area contributed by atoms with Crippen LogP contribution >= 0.6 is 0 Å². The second kappa shape index (κ2) is 3.89. The van der Waals surface area contributed by atoms with Gasteiger partial charge in [0, 0.05) is 0 Å². The zero-order chi connectivity index (χ0) is 13.7. The van der Waals surface area contributed by atoms with Crippen molar-refractivity contribution in [3.05, 3.63) is 0 Å². The summed E-state index contributed by atoms with van der Waals surface area (Å²) in [5.74, 6) is 0.498. The molecule has 0 spiro atoms. The van der Waals surface area contributed by atoms with Crippen LogP contribution in [0, 0.1) is 0 Å². The predicted molar refractivity (Wildman–Crippen MR) is 82.1 cm³/mol. The first-order chi connectivity index (χ1) is 8.09. The summed E-state index contributed by atoms with van der Waals surface area (Å²) in [5.41, 5.74) is 9.44. The Morgan fingerprint density at radius 3 is 2.00 bits per heavy atom. The lowest BCUT2D eigenvalue weighted by atomic mass is 10.5. The van der Waals surface area contributed by atoms with E-state index in [0.29, 0.717) is 5.82 Å². The molecule has 0 radical (unpaired) electrons. The molecule has 2 aromatic rings. The maximum atomic E-state index is 6.01. The average Bonchev–Trinajstić information content (AvgIpc) is 2.59. The molecule has 0 aliphatic rings. The highest BCUT2D eigenvalue weighted by atomic mass is 28.3. The van der Waals surface area contributed by atoms with Gasteiger partial charge in [-0.15, -0.1) is 0 Å². The molecule has 0 fully saturated rings. The molecular formula is C11H21N5Si2. The Hall–Kier alpha value is -1.22. The summed E-state index contributed by atoms with van der Waals surface area (Å²) in [7, 11) is -3.04. The maximum Gasteiger partial charge on any atom is 0.162 e. The normalized spacial score (nSPS) is 13.2. The van der Waals surface area contributed by atoms with Gasteiger partial charge in [0.2, 0.25) is 0 Å². The largest absolute Gasteiger partial charge is 0.382 e. The van der Waals surface area contributed by atoms with Crippen LogP contribution in [0.3, 0.4) is 0 Å². The number of nitrogens with one attached hydrogen (secondary N) is 1. The first kappa shape index (κ1) is 13.2. The number of nitrogens with two attached hydrogens (primary N) is 1. The highest BCUT2D eigenvalue weighted by molar-refractivity contribution is 6.88. The molecule has 2 rings (SSSR count). The molecule has 7 heteroatoms. The number of imidazole rings is 1. The van der Waals surface area contributed by atoms with Gasteiger partial charge in [-0.1, -0.05) is 39.3 Å². The number of hydrogen-bond donors (Lipinski definition) is 2. The minimum atomic E-state index is -1.56. The molecule has 2 aromatic heterocycles. The number of H-pyrrole nitrogens is 1. The van der Waals surface area contributed by atoms with Crippen LogP contribution in [-0.4, -0.2) is 36.1 Å². The summed E-state index contributed by atoms with van der Waals surface area (Å²) >= 11 is 0. The summed E-state index contributed by atoms with van der Waals surface area (Å²) in [6.07, 6.45) is 0. The van der Waals surface area contributed by atoms with E-state index in [0.717, 1.165) is 22.1 Å². The van der Waals surface area contributed by atoms with Crippen molar-refractivity contribution < 1.29 is 0 Å². The van der Waals surface area contributed by atoms with Crippen molar-refractivity contribution in [3.8, 4) is 0 Å². The molecule has 2 heterocycles. The van der Waals surface area contributed by atoms with E-state index in [2.05, 4.69) is 59.2 Å². The number of fused-ring (bicyclic) bond motifs is 1. The highest BCUT2D eigenvalue weighted by Gasteiger charge is 2.25. The fourth-order valence-corrected chi connectivity index (χ4v) is 3.46. The van der Waals surface area contributed by atoms with Crippen molar-refractivity contribution in [1.82, 2.24) is 19.9 Å². The van der Waals surface area contributed by atoms with Gasteiger partial charge in [0.15, 0.2) is 11.5 Å². The van der Waals surface area contributed by atoms with Gasteiger partial charge in [-0.25, -0.2) is 15.0 Å². The van der Waals surface area contributed by atoms with Gasteiger partial charge in [-0.3, -0.25) is 0 Å². The van der Waals surface area contributed by atoms with E-state index < -0.39 is 16.1 Å². The van der Waals surface area contributed by atoms with E-state index in [1.807, 2.05) is 0 Å². The van der Waals surface area contributed by atoms with Crippen LogP contribution in [0.2, 0.25) is 39.3 Å². The van der Waals surface area contributed by atoms with Crippen LogP contribution in [0.5, 0.6) is 0 Å². The summed E-state index contributed by atoms with van der Waals surface area (Å²) in [4.78, 5) is 17.0. The second-order valence-corrected chi connectivity index (χ2v) is 16.6. The molecule has 0 unspecified atom stereocenters. The molecule has 3 N–H and O–H groups in total. The zero-order valence-electron chi connectivity index (χ0n) is 11.9. The number of nitrogens with zero attached hydrogens (tertiary/aromatic N) is 3. The molecule has 5 nitrogen and oxygen atoms in total. The van der Waals surface area contributed by atoms with Crippen molar-refractivity contribution >= 4 is 44.0 Å². The third-order valence-corrected chi connectivity index (χ3v) is 5.98. The summed E-state index contributed by atoms with van der Waals surface area (Å²) in [5, 5.41) is 0. The van der Waals surface area contributed by atoms with Gasteiger partial charge in [0.25, 0.3) is 0 Å². The van der Waals surface area contributed by atoms with Crippen molar-refractivity contribution in [2.75, 3.05) is 5.73 Å². The Bertz CT molecular complexity index is 592. The minimum absolute atomic E-state index is 0.498. The molecule has 0 aliphatic heterocycles. The van der Waals surface area contributed by atoms with Crippen molar-refractivity contribution in [2.24, 2.45) is 0 Å². The van der Waals surface area contributed by atoms with E-state index in [1.165, 1.54) is 0 Å². The molecule has 0 bridgehead atoms. The monoisotopic (exact) mass is 279 g/mol. The minimum Gasteiger partial charge on any atom is -0.382 e. The smallest absolute Gasteiger partial charge is 0.162 e. The second-order valence-electron chi connectivity index (χ2n) is 6.72. The van der Waals surface area contributed by atoms with Crippen LogP contribution in [0.1, 0.15) is 0 Å². The van der Waals surface area contributed by atoms with Crippen LogP contribution in [-0.2, 0) is 0 Å². The SMILES string of the molecule is C[Si](C)(C)c1nc(N)c2nc([Si](C)(C)C)[nH]c2n1. The van der Waals surface area contributed by atoms with E-state index in [4.69, 9.17) is 5.73 Å². The number of rotatable bonds is 2. The molecule has 18 heavy (non-hydrogen) atoms. The van der Waals surface area contributed by atoms with Gasteiger partial charge in [-0.2, -0.15) is 0 Å². The number of nitrogen functional groups attached to an aromatic ring is 1. The zero-order valence-corrected chi connectivity index (χ0v) is 13.9. The molecule has 0 saturated heterocycles. The topological polar surface area (TPSA) is 80.5 Å². The number of anilines is 1. The third-order valence-electron chi connectivity index (χ3n) is 2.75. The molecular weight excluding hydrogens is 258 g/mol. The Morgan fingerprint density at radius 1 is 0.889 bits per heavy atom. The van der Waals surface area contributed by atoms with Gasteiger partial charge in [-0.05, 0) is 0 Å². The van der Waals surface area contributed by atoms with Gasteiger partial charge in [0.05, 0.1) is 5.45 Å². The van der Waals surface area contributed by atoms with Crippen molar-refractivity contribution in [2.45, 2.75) is 39.3 Å². The molecule has 0 atom stereocenters. The number of aromatic amines is 1. The first-order valence-electron chi connectivity index (χ1n) is 6.13. The quantitative estimate of drug-likeness (QED) is 0.805. The molecule has 0 aliphatic carbocycles. The van der Waals surface area contributed by atoms with Gasteiger partial charge >= 0.3 is 0 Å². The molecule has 0 saturated carbocycles. The Kier molecular flexibility index (Phi) is 2.86. The van der Waals surface area contributed by atoms with Gasteiger partial charge < -0.3 is 10.7 Å². The molecule has 0 amide bonds. The van der Waals surface area contributed by atoms with Crippen LogP contribution < -0.4 is 16.6 Å². The summed E-state index contributed by atoms with van der Waals surface area (Å²) in [6, 6.07) is 0. The fraction of sp³-hybridized carbons (Fsp3) is 0.545. The summed E-state index contributed by atoms with van der Waals surface area (Å²) < 4.78 is 0. The lowest BCUT2D eigenvalue weighted by Gasteiger charge is -2.13. The maximum absolute atomic E-state index is 6.01. The lowest BCUT2D eigenvalue weighted by molar-refractivity contribution is 1.25. The average molecular weight is 279 g/mol. The van der Waals surface area contributed by atoms with Crippen LogP contribution in [0.25, 0.3) is 11.2 Å². The standard InChI is InChI=1S/C11H21N5Si2/c1-17(2,3)10-13-7-8(12)14-11(18(4,5)6)16-9(7)15-10/h1-6H3,(H3,12,13,14,15,16). The fourth-order valence-electron chi connectivity index (χ4n) is 1.61. The van der Waals surface area contributed by atoms with Crippen molar-refractivity contribution in [3.63, 3.8) is 0 Å². The molecule has 98 valence electrons. The van der Waals surface area contributed by atoms with E-state index in [-0.39, 0.29) is 0 Å². The lowest BCUT2D eigenvalue weighted by Crippen LogP contribution is -2.42.